The monoisotopic (exact) mass is 282 g/mol. The highest BCUT2D eigenvalue weighted by Crippen LogP contribution is 2.39. The molecule has 0 bridgehead atoms. The van der Waals surface area contributed by atoms with Crippen molar-refractivity contribution < 1.29 is 4.74 Å². The first-order valence-corrected chi connectivity index (χ1v) is 8.54. The molecule has 0 aromatic carbocycles. The molecule has 0 heterocycles. The van der Waals surface area contributed by atoms with Gasteiger partial charge in [-0.1, -0.05) is 19.8 Å². The average molecular weight is 282 g/mol. The molecule has 0 unspecified atom stereocenters. The van der Waals surface area contributed by atoms with E-state index in [-0.39, 0.29) is 0 Å². The van der Waals surface area contributed by atoms with E-state index >= 15 is 0 Å². The van der Waals surface area contributed by atoms with E-state index in [0.29, 0.717) is 5.41 Å². The average Bonchev–Trinajstić information content (AvgIpc) is 3.24. The Kier molecular flexibility index (Phi) is 6.31. The van der Waals surface area contributed by atoms with Crippen LogP contribution in [0.15, 0.2) is 0 Å². The summed E-state index contributed by atoms with van der Waals surface area (Å²) in [4.78, 5) is 2.53. The maximum atomic E-state index is 5.17. The van der Waals surface area contributed by atoms with Crippen LogP contribution in [0.3, 0.4) is 0 Å². The summed E-state index contributed by atoms with van der Waals surface area (Å²) < 4.78 is 5.17. The maximum absolute atomic E-state index is 5.17. The largest absolute Gasteiger partial charge is 0.385 e. The Bertz CT molecular complexity index is 270. The lowest BCUT2D eigenvalue weighted by Gasteiger charge is -2.42. The van der Waals surface area contributed by atoms with Gasteiger partial charge in [-0.05, 0) is 50.5 Å². The third-order valence-electron chi connectivity index (χ3n) is 5.17. The lowest BCUT2D eigenvalue weighted by atomic mass is 9.70. The second kappa shape index (κ2) is 7.77. The predicted molar refractivity (Wildman–Crippen MR) is 85.1 cm³/mol. The van der Waals surface area contributed by atoms with Crippen molar-refractivity contribution in [3.05, 3.63) is 0 Å². The quantitative estimate of drug-likeness (QED) is 0.658. The van der Waals surface area contributed by atoms with E-state index in [1.807, 2.05) is 0 Å². The highest BCUT2D eigenvalue weighted by Gasteiger charge is 2.36. The van der Waals surface area contributed by atoms with Gasteiger partial charge in [0.1, 0.15) is 0 Å². The van der Waals surface area contributed by atoms with Gasteiger partial charge >= 0.3 is 0 Å². The minimum absolute atomic E-state index is 0.525. The first-order valence-electron chi connectivity index (χ1n) is 8.54. The van der Waals surface area contributed by atoms with Gasteiger partial charge in [-0.25, -0.2) is 0 Å². The van der Waals surface area contributed by atoms with E-state index < -0.39 is 0 Å². The van der Waals surface area contributed by atoms with E-state index in [2.05, 4.69) is 24.2 Å². The molecule has 0 spiro atoms. The summed E-state index contributed by atoms with van der Waals surface area (Å²) in [7, 11) is 4.08. The summed E-state index contributed by atoms with van der Waals surface area (Å²) in [5.74, 6) is 0.933. The van der Waals surface area contributed by atoms with E-state index in [1.165, 1.54) is 51.6 Å². The van der Waals surface area contributed by atoms with Crippen molar-refractivity contribution in [1.82, 2.24) is 10.2 Å². The van der Waals surface area contributed by atoms with Gasteiger partial charge in [0.15, 0.2) is 0 Å². The van der Waals surface area contributed by atoms with Crippen LogP contribution in [0.1, 0.15) is 51.9 Å². The third kappa shape index (κ3) is 5.34. The van der Waals surface area contributed by atoms with Crippen molar-refractivity contribution in [3.63, 3.8) is 0 Å². The minimum Gasteiger partial charge on any atom is -0.385 e. The number of methoxy groups -OCH3 is 1. The van der Waals surface area contributed by atoms with Gasteiger partial charge in [0.25, 0.3) is 0 Å². The first-order chi connectivity index (χ1) is 9.63. The molecule has 0 amide bonds. The lowest BCUT2D eigenvalue weighted by molar-refractivity contribution is 0.0922. The Labute approximate surface area is 125 Å². The Morgan fingerprint density at radius 1 is 1.20 bits per heavy atom. The van der Waals surface area contributed by atoms with Crippen LogP contribution in [0.5, 0.6) is 0 Å². The highest BCUT2D eigenvalue weighted by atomic mass is 16.5. The zero-order valence-electron chi connectivity index (χ0n) is 13.8. The summed E-state index contributed by atoms with van der Waals surface area (Å²) >= 11 is 0. The molecule has 3 heteroatoms. The summed E-state index contributed by atoms with van der Waals surface area (Å²) in [5, 5.41) is 3.80. The second-order valence-corrected chi connectivity index (χ2v) is 7.42. The zero-order chi connectivity index (χ0) is 14.4. The molecule has 3 nitrogen and oxygen atoms in total. The van der Waals surface area contributed by atoms with Crippen LogP contribution in [0, 0.1) is 11.3 Å². The molecule has 0 aromatic heterocycles. The van der Waals surface area contributed by atoms with Gasteiger partial charge in [-0.15, -0.1) is 0 Å². The molecule has 0 radical (unpaired) electrons. The first kappa shape index (κ1) is 16.3. The van der Waals surface area contributed by atoms with Crippen molar-refractivity contribution >= 4 is 0 Å². The van der Waals surface area contributed by atoms with E-state index in [4.69, 9.17) is 4.74 Å². The number of nitrogens with one attached hydrogen (secondary N) is 1. The Morgan fingerprint density at radius 3 is 2.50 bits per heavy atom. The van der Waals surface area contributed by atoms with Crippen LogP contribution in [0.25, 0.3) is 0 Å². The van der Waals surface area contributed by atoms with Crippen LogP contribution in [-0.4, -0.2) is 51.3 Å². The predicted octanol–water partition coefficient (Wildman–Crippen LogP) is 2.90. The molecular weight excluding hydrogens is 248 g/mol. The molecule has 0 aromatic rings. The van der Waals surface area contributed by atoms with Crippen LogP contribution >= 0.6 is 0 Å². The standard InChI is InChI=1S/C17H34N2O/c1-15-7-9-17(10-8-15,13-18-16-5-6-16)14-19(2)11-4-12-20-3/h15-16,18H,4-14H2,1-3H3. The molecule has 0 atom stereocenters. The van der Waals surface area contributed by atoms with E-state index in [0.717, 1.165) is 31.5 Å². The fourth-order valence-corrected chi connectivity index (χ4v) is 3.54. The topological polar surface area (TPSA) is 24.5 Å². The molecular formula is C17H34N2O. The Hall–Kier alpha value is -0.120. The smallest absolute Gasteiger partial charge is 0.0474 e. The van der Waals surface area contributed by atoms with Crippen LogP contribution < -0.4 is 5.32 Å². The number of hydrogen-bond donors (Lipinski definition) is 1. The van der Waals surface area contributed by atoms with Gasteiger partial charge in [0.2, 0.25) is 0 Å². The number of nitrogens with zero attached hydrogens (tertiary/aromatic N) is 1. The normalized spacial score (nSPS) is 30.9. The molecule has 2 saturated carbocycles. The number of rotatable bonds is 9. The molecule has 2 fully saturated rings. The zero-order valence-corrected chi connectivity index (χ0v) is 13.8. The molecule has 2 rings (SSSR count). The maximum Gasteiger partial charge on any atom is 0.0474 e. The van der Waals surface area contributed by atoms with Crippen LogP contribution in [-0.2, 0) is 4.74 Å². The van der Waals surface area contributed by atoms with Gasteiger partial charge in [-0.3, -0.25) is 0 Å². The van der Waals surface area contributed by atoms with Crippen molar-refractivity contribution in [2.45, 2.75) is 57.9 Å². The lowest BCUT2D eigenvalue weighted by Crippen LogP contribution is -2.46. The minimum atomic E-state index is 0.525. The van der Waals surface area contributed by atoms with Crippen molar-refractivity contribution in [2.24, 2.45) is 11.3 Å². The molecule has 0 aliphatic heterocycles. The summed E-state index contributed by atoms with van der Waals surface area (Å²) in [6.07, 6.45) is 9.59. The van der Waals surface area contributed by atoms with Crippen LogP contribution in [0.4, 0.5) is 0 Å². The highest BCUT2D eigenvalue weighted by molar-refractivity contribution is 4.92. The van der Waals surface area contributed by atoms with Crippen molar-refractivity contribution in [2.75, 3.05) is 40.4 Å². The summed E-state index contributed by atoms with van der Waals surface area (Å²) in [6.45, 7) is 6.95. The van der Waals surface area contributed by atoms with Gasteiger partial charge in [-0.2, -0.15) is 0 Å². The fraction of sp³-hybridized carbons (Fsp3) is 1.00. The second-order valence-electron chi connectivity index (χ2n) is 7.42. The Balaban J connectivity index is 1.80. The van der Waals surface area contributed by atoms with Gasteiger partial charge in [0, 0.05) is 39.4 Å². The van der Waals surface area contributed by atoms with E-state index in [9.17, 15) is 0 Å². The van der Waals surface area contributed by atoms with Gasteiger partial charge in [0.05, 0.1) is 0 Å². The number of ether oxygens (including phenoxy) is 1. The van der Waals surface area contributed by atoms with E-state index in [1.54, 1.807) is 7.11 Å². The molecule has 2 aliphatic carbocycles. The molecule has 0 saturated heterocycles. The molecule has 118 valence electrons. The van der Waals surface area contributed by atoms with Crippen molar-refractivity contribution in [1.29, 1.82) is 0 Å². The van der Waals surface area contributed by atoms with Gasteiger partial charge < -0.3 is 15.0 Å². The van der Waals surface area contributed by atoms with Crippen molar-refractivity contribution in [3.8, 4) is 0 Å². The fourth-order valence-electron chi connectivity index (χ4n) is 3.54. The molecule has 20 heavy (non-hydrogen) atoms. The summed E-state index contributed by atoms with van der Waals surface area (Å²) in [6, 6.07) is 0.838. The van der Waals surface area contributed by atoms with Crippen LogP contribution in [0.2, 0.25) is 0 Å². The number of hydrogen-bond acceptors (Lipinski definition) is 3. The molecule has 1 N–H and O–H groups in total. The Morgan fingerprint density at radius 2 is 1.90 bits per heavy atom. The summed E-state index contributed by atoms with van der Waals surface area (Å²) in [5.41, 5.74) is 0.525. The third-order valence-corrected chi connectivity index (χ3v) is 5.17. The SMILES string of the molecule is COCCCN(C)CC1(CNC2CC2)CCC(C)CC1. The molecule has 2 aliphatic rings.